The van der Waals surface area contributed by atoms with E-state index in [1.165, 1.54) is 18.3 Å². The number of amides is 1. The second-order valence-corrected chi connectivity index (χ2v) is 8.62. The number of benzene rings is 2. The molecule has 3 rings (SSSR count). The fourth-order valence-corrected chi connectivity index (χ4v) is 3.70. The highest BCUT2D eigenvalue weighted by molar-refractivity contribution is 7.89. The average molecular weight is 442 g/mol. The molecule has 9 heteroatoms. The third-order valence-corrected chi connectivity index (χ3v) is 5.88. The molecule has 0 aliphatic carbocycles. The summed E-state index contributed by atoms with van der Waals surface area (Å²) < 4.78 is 29.7. The smallest absolute Gasteiger partial charge is 0.263 e. The zero-order valence-corrected chi connectivity index (χ0v) is 18.0. The van der Waals surface area contributed by atoms with Crippen molar-refractivity contribution in [2.45, 2.75) is 18.2 Å². The van der Waals surface area contributed by atoms with E-state index in [9.17, 15) is 18.0 Å². The Balaban J connectivity index is 1.61. The topological polar surface area (TPSA) is 105 Å². The van der Waals surface area contributed by atoms with Gasteiger partial charge in [0.1, 0.15) is 5.75 Å². The summed E-state index contributed by atoms with van der Waals surface area (Å²) in [5, 5.41) is 0. The molecule has 0 fully saturated rings. The van der Waals surface area contributed by atoms with Crippen LogP contribution in [0.1, 0.15) is 22.3 Å². The van der Waals surface area contributed by atoms with Gasteiger partial charge in [-0.25, -0.2) is 8.42 Å². The predicted octanol–water partition coefficient (Wildman–Crippen LogP) is 2.30. The highest BCUT2D eigenvalue weighted by Crippen LogP contribution is 2.16. The predicted molar refractivity (Wildman–Crippen MR) is 116 cm³/mol. The van der Waals surface area contributed by atoms with Crippen LogP contribution in [-0.4, -0.2) is 38.7 Å². The summed E-state index contributed by atoms with van der Waals surface area (Å²) in [5.41, 5.74) is 3.98. The van der Waals surface area contributed by atoms with Crippen molar-refractivity contribution in [2.24, 2.45) is 0 Å². The van der Waals surface area contributed by atoms with Crippen LogP contribution in [0.4, 0.5) is 0 Å². The summed E-state index contributed by atoms with van der Waals surface area (Å²) in [7, 11) is -2.34. The molecule has 0 saturated carbocycles. The van der Waals surface area contributed by atoms with E-state index in [0.29, 0.717) is 23.3 Å². The molecular weight excluding hydrogens is 418 g/mol. The third-order valence-electron chi connectivity index (χ3n) is 4.62. The molecule has 8 nitrogen and oxygen atoms in total. The maximum absolute atomic E-state index is 12.5. The zero-order chi connectivity index (χ0) is 22.4. The number of carbonyl (C=O) groups excluding carboxylic acids is 2. The Hall–Kier alpha value is -3.43. The van der Waals surface area contributed by atoms with Crippen molar-refractivity contribution in [3.63, 3.8) is 0 Å². The Morgan fingerprint density at radius 2 is 1.74 bits per heavy atom. The summed E-state index contributed by atoms with van der Waals surface area (Å²) in [6.45, 7) is 1.88. The lowest BCUT2D eigenvalue weighted by atomic mass is 10.1. The first-order chi connectivity index (χ1) is 14.8. The summed E-state index contributed by atoms with van der Waals surface area (Å²) in [6, 6.07) is 13.0. The van der Waals surface area contributed by atoms with Gasteiger partial charge in [-0.15, -0.1) is 4.83 Å². The molecule has 0 spiro atoms. The van der Waals surface area contributed by atoms with E-state index in [1.54, 1.807) is 60.7 Å². The fraction of sp³-hybridized carbons (Fsp3) is 0.182. The number of ether oxygens (including phenoxy) is 1. The molecule has 2 aromatic carbocycles. The monoisotopic (exact) mass is 441 g/mol. The molecule has 0 unspecified atom stereocenters. The summed E-state index contributed by atoms with van der Waals surface area (Å²) in [4.78, 5) is 28.6. The second-order valence-electron chi connectivity index (χ2n) is 6.94. The van der Waals surface area contributed by atoms with Crippen molar-refractivity contribution in [1.82, 2.24) is 15.2 Å². The van der Waals surface area contributed by atoms with E-state index in [1.807, 2.05) is 6.92 Å². The van der Waals surface area contributed by atoms with Gasteiger partial charge < -0.3 is 9.64 Å². The first-order valence-corrected chi connectivity index (χ1v) is 11.0. The van der Waals surface area contributed by atoms with Crippen LogP contribution in [0, 0.1) is 6.92 Å². The van der Waals surface area contributed by atoms with E-state index in [0.717, 1.165) is 5.56 Å². The number of hydrazine groups is 1. The number of nitrogens with zero attached hydrogens (tertiary/aromatic N) is 1. The standard InChI is InChI=1S/C22H23N3O5S/c1-16-5-11-20(12-6-16)31(28,29)24-23-22(27)18-4-3-13-25(14-18)15-21(26)17-7-9-19(30-2)10-8-17/h3,5-14,24H,4,15H2,1-2H3,(H,23,27). The van der Waals surface area contributed by atoms with Gasteiger partial charge in [0.15, 0.2) is 5.78 Å². The van der Waals surface area contributed by atoms with Gasteiger partial charge in [-0.05, 0) is 49.7 Å². The third kappa shape index (κ3) is 5.80. The molecule has 1 heterocycles. The van der Waals surface area contributed by atoms with Crippen LogP contribution >= 0.6 is 0 Å². The van der Waals surface area contributed by atoms with Crippen molar-refractivity contribution >= 4 is 21.7 Å². The number of sulfonamides is 1. The van der Waals surface area contributed by atoms with Crippen LogP contribution in [0.3, 0.4) is 0 Å². The van der Waals surface area contributed by atoms with Crippen LogP contribution in [0.2, 0.25) is 0 Å². The molecule has 0 bridgehead atoms. The van der Waals surface area contributed by atoms with Gasteiger partial charge in [0.2, 0.25) is 0 Å². The summed E-state index contributed by atoms with van der Waals surface area (Å²) in [5.74, 6) is -0.0754. The molecule has 1 amide bonds. The van der Waals surface area contributed by atoms with Gasteiger partial charge in [0, 0.05) is 23.5 Å². The number of methoxy groups -OCH3 is 1. The molecule has 1 aliphatic heterocycles. The van der Waals surface area contributed by atoms with E-state index >= 15 is 0 Å². The Bertz CT molecular complexity index is 1120. The average Bonchev–Trinajstić information content (AvgIpc) is 2.78. The first-order valence-electron chi connectivity index (χ1n) is 9.47. The second kappa shape index (κ2) is 9.59. The molecule has 0 aromatic heterocycles. The molecule has 0 atom stereocenters. The number of carbonyl (C=O) groups is 2. The van der Waals surface area contributed by atoms with Gasteiger partial charge >= 0.3 is 0 Å². The molecule has 162 valence electrons. The highest BCUT2D eigenvalue weighted by Gasteiger charge is 2.19. The molecule has 0 radical (unpaired) electrons. The van der Waals surface area contributed by atoms with Crippen molar-refractivity contribution in [3.05, 3.63) is 83.7 Å². The largest absolute Gasteiger partial charge is 0.497 e. The highest BCUT2D eigenvalue weighted by atomic mass is 32.2. The molecular formula is C22H23N3O5S. The zero-order valence-electron chi connectivity index (χ0n) is 17.2. The minimum Gasteiger partial charge on any atom is -0.497 e. The number of hydrogen-bond donors (Lipinski definition) is 2. The van der Waals surface area contributed by atoms with Crippen molar-refractivity contribution in [1.29, 1.82) is 0 Å². The fourth-order valence-electron chi connectivity index (χ4n) is 2.86. The summed E-state index contributed by atoms with van der Waals surface area (Å²) in [6.07, 6.45) is 5.27. The van der Waals surface area contributed by atoms with Crippen molar-refractivity contribution in [3.8, 4) is 5.75 Å². The van der Waals surface area contributed by atoms with Gasteiger partial charge in [0.05, 0.1) is 18.6 Å². The quantitative estimate of drug-likeness (QED) is 0.481. The van der Waals surface area contributed by atoms with E-state index < -0.39 is 15.9 Å². The van der Waals surface area contributed by atoms with E-state index in [2.05, 4.69) is 10.3 Å². The Labute approximate surface area is 181 Å². The van der Waals surface area contributed by atoms with Crippen LogP contribution < -0.4 is 15.0 Å². The minimum absolute atomic E-state index is 0.0364. The van der Waals surface area contributed by atoms with Gasteiger partial charge in [-0.3, -0.25) is 15.0 Å². The molecule has 31 heavy (non-hydrogen) atoms. The molecule has 2 aromatic rings. The van der Waals surface area contributed by atoms with Crippen LogP contribution in [0.25, 0.3) is 0 Å². The molecule has 1 aliphatic rings. The van der Waals surface area contributed by atoms with Crippen LogP contribution in [0.5, 0.6) is 5.75 Å². The van der Waals surface area contributed by atoms with E-state index in [-0.39, 0.29) is 17.2 Å². The van der Waals surface area contributed by atoms with Crippen molar-refractivity contribution < 1.29 is 22.7 Å². The van der Waals surface area contributed by atoms with Crippen molar-refractivity contribution in [2.75, 3.05) is 13.7 Å². The lowest BCUT2D eigenvalue weighted by Gasteiger charge is -2.20. The maximum atomic E-state index is 12.5. The molecule has 0 saturated heterocycles. The van der Waals surface area contributed by atoms with Gasteiger partial charge in [-0.2, -0.15) is 0 Å². The lowest BCUT2D eigenvalue weighted by Crippen LogP contribution is -2.42. The minimum atomic E-state index is -3.89. The first kappa shape index (κ1) is 22.3. The number of ketones is 1. The van der Waals surface area contributed by atoms with Crippen LogP contribution in [-0.2, 0) is 14.8 Å². The Morgan fingerprint density at radius 1 is 1.06 bits per heavy atom. The number of nitrogens with one attached hydrogen (secondary N) is 2. The van der Waals surface area contributed by atoms with Crippen LogP contribution in [0.15, 0.2) is 77.5 Å². The summed E-state index contributed by atoms with van der Waals surface area (Å²) >= 11 is 0. The Morgan fingerprint density at radius 3 is 2.39 bits per heavy atom. The maximum Gasteiger partial charge on any atom is 0.263 e. The number of allylic oxidation sites excluding steroid dienone is 1. The number of aryl methyl sites for hydroxylation is 1. The molecule has 2 N–H and O–H groups in total. The SMILES string of the molecule is COc1ccc(C(=O)CN2C=CCC(C(=O)NNS(=O)(=O)c3ccc(C)cc3)=C2)cc1. The normalized spacial score (nSPS) is 13.5. The van der Waals surface area contributed by atoms with E-state index in [4.69, 9.17) is 4.74 Å². The number of Topliss-reactive ketones (excluding diaryl/α,β-unsaturated/α-hetero) is 1. The van der Waals surface area contributed by atoms with Gasteiger partial charge in [0.25, 0.3) is 15.9 Å². The lowest BCUT2D eigenvalue weighted by molar-refractivity contribution is -0.118. The number of hydrogen-bond acceptors (Lipinski definition) is 6. The van der Waals surface area contributed by atoms with Gasteiger partial charge in [-0.1, -0.05) is 23.8 Å². The number of rotatable bonds is 8. The Kier molecular flexibility index (Phi) is 6.88.